The molecule has 0 aromatic carbocycles. The Hall–Kier alpha value is -0.810. The van der Waals surface area contributed by atoms with Crippen molar-refractivity contribution in [1.29, 1.82) is 0 Å². The normalized spacial score (nSPS) is 16.8. The molecule has 0 spiro atoms. The first kappa shape index (κ1) is 30.2. The van der Waals surface area contributed by atoms with Gasteiger partial charge in [-0.05, 0) is 67.1 Å². The second-order valence-electron chi connectivity index (χ2n) is 9.23. The second-order valence-corrected chi connectivity index (χ2v) is 9.23. The molecule has 0 aromatic rings. The van der Waals surface area contributed by atoms with E-state index in [1.54, 1.807) is 0 Å². The third kappa shape index (κ3) is 12.7. The van der Waals surface area contributed by atoms with Gasteiger partial charge in [0.1, 0.15) is 5.60 Å². The molecule has 3 N–H and O–H groups in total. The van der Waals surface area contributed by atoms with Crippen LogP contribution in [0.3, 0.4) is 0 Å². The van der Waals surface area contributed by atoms with Crippen molar-refractivity contribution in [2.24, 2.45) is 4.99 Å². The van der Waals surface area contributed by atoms with Gasteiger partial charge in [-0.1, -0.05) is 13.8 Å². The third-order valence-electron chi connectivity index (χ3n) is 5.54. The summed E-state index contributed by atoms with van der Waals surface area (Å²) in [6.07, 6.45) is 2.40. The standard InChI is InChI=1S/C22H46N6O2.HI/c1-8-22(9-2,26-20(29)30-21(4,5)6)18-25-19(23-10-3)24-12-15-28-14-11-13-27(7)16-17-28;/h8-18H2,1-7H3,(H,26,29)(H2,23,24,25);1H. The Morgan fingerprint density at radius 2 is 1.71 bits per heavy atom. The molecule has 0 atom stereocenters. The first-order valence-corrected chi connectivity index (χ1v) is 11.6. The van der Waals surface area contributed by atoms with E-state index in [0.717, 1.165) is 58.1 Å². The number of likely N-dealkylation sites (N-methyl/N-ethyl adjacent to an activating group) is 1. The maximum Gasteiger partial charge on any atom is 0.408 e. The predicted octanol–water partition coefficient (Wildman–Crippen LogP) is 2.88. The minimum atomic E-state index is -0.515. The van der Waals surface area contributed by atoms with Gasteiger partial charge in [0.2, 0.25) is 0 Å². The van der Waals surface area contributed by atoms with Crippen LogP contribution in [-0.4, -0.2) is 92.4 Å². The molecule has 8 nitrogen and oxygen atoms in total. The summed E-state index contributed by atoms with van der Waals surface area (Å²) in [4.78, 5) is 22.0. The zero-order valence-corrected chi connectivity index (χ0v) is 23.2. The smallest absolute Gasteiger partial charge is 0.408 e. The summed E-state index contributed by atoms with van der Waals surface area (Å²) in [5.74, 6) is 0.793. The number of aliphatic imine (C=N–C) groups is 1. The van der Waals surface area contributed by atoms with E-state index in [1.165, 1.54) is 13.0 Å². The number of guanidine groups is 1. The van der Waals surface area contributed by atoms with Crippen LogP contribution in [-0.2, 0) is 4.74 Å². The number of alkyl carbamates (subject to hydrolysis) is 1. The van der Waals surface area contributed by atoms with Gasteiger partial charge in [-0.2, -0.15) is 0 Å². The van der Waals surface area contributed by atoms with Crippen LogP contribution in [0.15, 0.2) is 4.99 Å². The summed E-state index contributed by atoms with van der Waals surface area (Å²) < 4.78 is 5.46. The van der Waals surface area contributed by atoms with Crippen molar-refractivity contribution in [2.75, 3.05) is 59.4 Å². The molecular weight excluding hydrogens is 507 g/mol. The lowest BCUT2D eigenvalue weighted by Crippen LogP contribution is -2.52. The molecule has 0 aliphatic carbocycles. The number of ether oxygens (including phenoxy) is 1. The lowest BCUT2D eigenvalue weighted by Gasteiger charge is -2.32. The molecule has 31 heavy (non-hydrogen) atoms. The molecule has 0 aromatic heterocycles. The topological polar surface area (TPSA) is 81.2 Å². The van der Waals surface area contributed by atoms with Gasteiger partial charge < -0.3 is 30.5 Å². The largest absolute Gasteiger partial charge is 0.444 e. The number of nitrogens with zero attached hydrogens (tertiary/aromatic N) is 3. The van der Waals surface area contributed by atoms with Crippen LogP contribution < -0.4 is 16.0 Å². The molecule has 1 aliphatic heterocycles. The third-order valence-corrected chi connectivity index (χ3v) is 5.54. The fourth-order valence-corrected chi connectivity index (χ4v) is 3.44. The van der Waals surface area contributed by atoms with Crippen molar-refractivity contribution in [2.45, 2.75) is 71.9 Å². The van der Waals surface area contributed by atoms with Gasteiger partial charge in [0.15, 0.2) is 5.96 Å². The van der Waals surface area contributed by atoms with E-state index in [9.17, 15) is 4.79 Å². The average Bonchev–Trinajstić information content (AvgIpc) is 2.87. The SMILES string of the molecule is CCNC(=NCC(CC)(CC)NC(=O)OC(C)(C)C)NCCN1CCCN(C)CC1.I. The van der Waals surface area contributed by atoms with Gasteiger partial charge in [-0.15, -0.1) is 24.0 Å². The van der Waals surface area contributed by atoms with Crippen molar-refractivity contribution >= 4 is 36.0 Å². The summed E-state index contributed by atoms with van der Waals surface area (Å²) in [5, 5.41) is 9.84. The van der Waals surface area contributed by atoms with Crippen LogP contribution in [0.25, 0.3) is 0 Å². The van der Waals surface area contributed by atoms with Crippen molar-refractivity contribution in [3.05, 3.63) is 0 Å². The Kier molecular flexibility index (Phi) is 14.7. The highest BCUT2D eigenvalue weighted by Crippen LogP contribution is 2.17. The van der Waals surface area contributed by atoms with Crippen LogP contribution in [0.4, 0.5) is 4.79 Å². The zero-order valence-electron chi connectivity index (χ0n) is 20.8. The monoisotopic (exact) mass is 554 g/mol. The molecule has 1 saturated heterocycles. The van der Waals surface area contributed by atoms with Gasteiger partial charge in [0, 0.05) is 32.7 Å². The number of carbonyl (C=O) groups is 1. The summed E-state index contributed by atoms with van der Waals surface area (Å²) in [5.41, 5.74) is -0.931. The van der Waals surface area contributed by atoms with Crippen LogP contribution in [0.1, 0.15) is 60.8 Å². The number of amides is 1. The Labute approximate surface area is 207 Å². The minimum Gasteiger partial charge on any atom is -0.444 e. The van der Waals surface area contributed by atoms with Crippen LogP contribution in [0, 0.1) is 0 Å². The van der Waals surface area contributed by atoms with E-state index in [-0.39, 0.29) is 30.1 Å². The first-order valence-electron chi connectivity index (χ1n) is 11.6. The number of rotatable bonds is 9. The minimum absolute atomic E-state index is 0. The molecule has 1 amide bonds. The van der Waals surface area contributed by atoms with Crippen molar-refractivity contribution < 1.29 is 9.53 Å². The number of carbonyl (C=O) groups excluding carboxylic acids is 1. The number of hydrogen-bond acceptors (Lipinski definition) is 5. The molecule has 1 rings (SSSR count). The summed E-state index contributed by atoms with van der Waals surface area (Å²) in [7, 11) is 2.19. The fraction of sp³-hybridized carbons (Fsp3) is 0.909. The van der Waals surface area contributed by atoms with Crippen molar-refractivity contribution in [1.82, 2.24) is 25.8 Å². The first-order chi connectivity index (χ1) is 14.1. The highest BCUT2D eigenvalue weighted by Gasteiger charge is 2.30. The number of halogens is 1. The summed E-state index contributed by atoms with van der Waals surface area (Å²) in [6.45, 7) is 19.5. The molecule has 1 fully saturated rings. The predicted molar refractivity (Wildman–Crippen MR) is 141 cm³/mol. The Bertz CT molecular complexity index is 535. The molecule has 0 unspecified atom stereocenters. The van der Waals surface area contributed by atoms with Crippen molar-refractivity contribution in [3.63, 3.8) is 0 Å². The lowest BCUT2D eigenvalue weighted by molar-refractivity contribution is 0.0452. The van der Waals surface area contributed by atoms with Gasteiger partial charge in [0.05, 0.1) is 12.1 Å². The van der Waals surface area contributed by atoms with E-state index in [1.807, 2.05) is 20.8 Å². The average molecular weight is 555 g/mol. The molecule has 184 valence electrons. The zero-order chi connectivity index (χ0) is 22.6. The Morgan fingerprint density at radius 1 is 1.03 bits per heavy atom. The highest BCUT2D eigenvalue weighted by atomic mass is 127. The number of hydrogen-bond donors (Lipinski definition) is 3. The van der Waals surface area contributed by atoms with E-state index >= 15 is 0 Å². The van der Waals surface area contributed by atoms with Crippen LogP contribution in [0.5, 0.6) is 0 Å². The van der Waals surface area contributed by atoms with Gasteiger partial charge >= 0.3 is 6.09 Å². The molecule has 0 saturated carbocycles. The Morgan fingerprint density at radius 3 is 2.29 bits per heavy atom. The van der Waals surface area contributed by atoms with Crippen LogP contribution >= 0.6 is 24.0 Å². The fourth-order valence-electron chi connectivity index (χ4n) is 3.44. The lowest BCUT2D eigenvalue weighted by atomic mass is 9.93. The highest BCUT2D eigenvalue weighted by molar-refractivity contribution is 14.0. The maximum atomic E-state index is 12.3. The van der Waals surface area contributed by atoms with Gasteiger partial charge in [0.25, 0.3) is 0 Å². The summed E-state index contributed by atoms with van der Waals surface area (Å²) >= 11 is 0. The van der Waals surface area contributed by atoms with Crippen LogP contribution in [0.2, 0.25) is 0 Å². The van der Waals surface area contributed by atoms with Gasteiger partial charge in [-0.3, -0.25) is 4.99 Å². The molecule has 1 heterocycles. The van der Waals surface area contributed by atoms with Crippen molar-refractivity contribution in [3.8, 4) is 0 Å². The quantitative estimate of drug-likeness (QED) is 0.231. The molecule has 9 heteroatoms. The Balaban J connectivity index is 0.00000900. The number of nitrogens with one attached hydrogen (secondary N) is 3. The molecule has 1 aliphatic rings. The maximum absolute atomic E-state index is 12.3. The molecule has 0 radical (unpaired) electrons. The van der Waals surface area contributed by atoms with E-state index in [0.29, 0.717) is 6.54 Å². The van der Waals surface area contributed by atoms with Gasteiger partial charge in [-0.25, -0.2) is 4.79 Å². The summed E-state index contributed by atoms with van der Waals surface area (Å²) in [6, 6.07) is 0. The second kappa shape index (κ2) is 15.1. The van der Waals surface area contributed by atoms with E-state index < -0.39 is 11.1 Å². The van der Waals surface area contributed by atoms with E-state index in [4.69, 9.17) is 9.73 Å². The van der Waals surface area contributed by atoms with E-state index in [2.05, 4.69) is 53.6 Å². The molecular formula is C22H47IN6O2. The molecule has 0 bridgehead atoms.